The molecule has 19 heavy (non-hydrogen) atoms. The lowest BCUT2D eigenvalue weighted by molar-refractivity contribution is -0.115. The van der Waals surface area contributed by atoms with Crippen molar-refractivity contribution in [1.82, 2.24) is 10.2 Å². The van der Waals surface area contributed by atoms with Crippen LogP contribution in [-0.4, -0.2) is 43.9 Å². The summed E-state index contributed by atoms with van der Waals surface area (Å²) in [4.78, 5) is 25.2. The van der Waals surface area contributed by atoms with E-state index < -0.39 is 0 Å². The second-order valence-corrected chi connectivity index (χ2v) is 4.47. The molecule has 2 amide bonds. The highest BCUT2D eigenvalue weighted by atomic mass is 16.2. The van der Waals surface area contributed by atoms with E-state index in [2.05, 4.69) is 10.6 Å². The van der Waals surface area contributed by atoms with Crippen molar-refractivity contribution in [3.8, 4) is 0 Å². The maximum absolute atomic E-state index is 12.0. The van der Waals surface area contributed by atoms with Crippen molar-refractivity contribution < 1.29 is 9.59 Å². The molecular weight excluding hydrogens is 242 g/mol. The second kappa shape index (κ2) is 7.53. The van der Waals surface area contributed by atoms with Gasteiger partial charge in [-0.3, -0.25) is 9.59 Å². The number of benzene rings is 1. The lowest BCUT2D eigenvalue weighted by Crippen LogP contribution is -2.30. The number of nitrogens with zero attached hydrogens (tertiary/aromatic N) is 1. The number of carbonyl (C=O) groups is 2. The van der Waals surface area contributed by atoms with Gasteiger partial charge in [-0.05, 0) is 25.1 Å². The monoisotopic (exact) mass is 263 g/mol. The van der Waals surface area contributed by atoms with Gasteiger partial charge in [-0.2, -0.15) is 0 Å². The summed E-state index contributed by atoms with van der Waals surface area (Å²) in [6.45, 7) is 3.08. The van der Waals surface area contributed by atoms with E-state index in [1.165, 1.54) is 4.90 Å². The first kappa shape index (κ1) is 15.2. The summed E-state index contributed by atoms with van der Waals surface area (Å²) < 4.78 is 0. The van der Waals surface area contributed by atoms with E-state index >= 15 is 0 Å². The van der Waals surface area contributed by atoms with Gasteiger partial charge in [0.05, 0.1) is 17.8 Å². The Labute approximate surface area is 114 Å². The van der Waals surface area contributed by atoms with Gasteiger partial charge in [0.1, 0.15) is 0 Å². The van der Waals surface area contributed by atoms with Gasteiger partial charge in [-0.1, -0.05) is 19.1 Å². The Bertz CT molecular complexity index is 444. The summed E-state index contributed by atoms with van der Waals surface area (Å²) in [5.74, 6) is -0.273. The molecule has 1 aromatic carbocycles. The van der Waals surface area contributed by atoms with Crippen molar-refractivity contribution in [1.29, 1.82) is 0 Å². The van der Waals surface area contributed by atoms with Crippen molar-refractivity contribution in [3.63, 3.8) is 0 Å². The number of carbonyl (C=O) groups excluding carboxylic acids is 2. The fourth-order valence-corrected chi connectivity index (χ4v) is 1.59. The number of hydrogen-bond acceptors (Lipinski definition) is 3. The quantitative estimate of drug-likeness (QED) is 0.761. The van der Waals surface area contributed by atoms with Gasteiger partial charge in [0.15, 0.2) is 0 Å². The Kier molecular flexibility index (Phi) is 6.02. The van der Waals surface area contributed by atoms with Crippen LogP contribution in [-0.2, 0) is 4.79 Å². The summed E-state index contributed by atoms with van der Waals surface area (Å²) in [6.07, 6.45) is 0.975. The van der Waals surface area contributed by atoms with Gasteiger partial charge in [0.25, 0.3) is 5.91 Å². The topological polar surface area (TPSA) is 61.4 Å². The highest BCUT2D eigenvalue weighted by Gasteiger charge is 2.14. The third-order valence-corrected chi connectivity index (χ3v) is 2.55. The van der Waals surface area contributed by atoms with Crippen molar-refractivity contribution >= 4 is 17.5 Å². The molecule has 2 N–H and O–H groups in total. The van der Waals surface area contributed by atoms with E-state index in [4.69, 9.17) is 0 Å². The first-order valence-corrected chi connectivity index (χ1v) is 6.37. The van der Waals surface area contributed by atoms with Crippen LogP contribution in [0.1, 0.15) is 23.7 Å². The van der Waals surface area contributed by atoms with Crippen LogP contribution in [0.4, 0.5) is 5.69 Å². The molecule has 0 saturated heterocycles. The Balaban J connectivity index is 2.73. The minimum Gasteiger partial charge on any atom is -0.345 e. The average molecular weight is 263 g/mol. The molecule has 0 aliphatic heterocycles. The van der Waals surface area contributed by atoms with Crippen LogP contribution in [0, 0.1) is 0 Å². The zero-order valence-corrected chi connectivity index (χ0v) is 11.7. The summed E-state index contributed by atoms with van der Waals surface area (Å²) in [7, 11) is 3.37. The van der Waals surface area contributed by atoms with E-state index in [-0.39, 0.29) is 18.4 Å². The van der Waals surface area contributed by atoms with Crippen LogP contribution in [0.5, 0.6) is 0 Å². The maximum atomic E-state index is 12.0. The van der Waals surface area contributed by atoms with Gasteiger partial charge in [-0.15, -0.1) is 0 Å². The molecule has 0 bridgehead atoms. The number of hydrogen-bond donors (Lipinski definition) is 2. The SMILES string of the molecule is CCCNCC(=O)Nc1ccccc1C(=O)N(C)C. The third-order valence-electron chi connectivity index (χ3n) is 2.55. The number of amides is 2. The van der Waals surface area contributed by atoms with Crippen LogP contribution in [0.15, 0.2) is 24.3 Å². The van der Waals surface area contributed by atoms with E-state index in [0.717, 1.165) is 13.0 Å². The minimum absolute atomic E-state index is 0.127. The van der Waals surface area contributed by atoms with E-state index in [1.807, 2.05) is 6.92 Å². The van der Waals surface area contributed by atoms with Crippen LogP contribution < -0.4 is 10.6 Å². The van der Waals surface area contributed by atoms with Crippen molar-refractivity contribution in [2.24, 2.45) is 0 Å². The third kappa shape index (κ3) is 4.71. The lowest BCUT2D eigenvalue weighted by Gasteiger charge is -2.14. The molecule has 5 nitrogen and oxygen atoms in total. The molecule has 0 atom stereocenters. The molecule has 0 aliphatic rings. The Hall–Kier alpha value is -1.88. The molecule has 5 heteroatoms. The summed E-state index contributed by atoms with van der Waals surface area (Å²) in [6, 6.07) is 7.01. The molecule has 0 spiro atoms. The van der Waals surface area contributed by atoms with Gasteiger partial charge in [0.2, 0.25) is 5.91 Å². The molecule has 1 rings (SSSR count). The van der Waals surface area contributed by atoms with Crippen molar-refractivity contribution in [2.45, 2.75) is 13.3 Å². The molecular formula is C14H21N3O2. The second-order valence-electron chi connectivity index (χ2n) is 4.47. The Morgan fingerprint density at radius 3 is 2.53 bits per heavy atom. The highest BCUT2D eigenvalue weighted by Crippen LogP contribution is 2.16. The van der Waals surface area contributed by atoms with Crippen LogP contribution in [0.25, 0.3) is 0 Å². The molecule has 0 saturated carbocycles. The molecule has 0 heterocycles. The first-order valence-electron chi connectivity index (χ1n) is 6.37. The van der Waals surface area contributed by atoms with Gasteiger partial charge in [-0.25, -0.2) is 0 Å². The predicted octanol–water partition coefficient (Wildman–Crippen LogP) is 1.33. The zero-order valence-electron chi connectivity index (χ0n) is 11.7. The Morgan fingerprint density at radius 2 is 1.89 bits per heavy atom. The number of nitrogens with one attached hydrogen (secondary N) is 2. The molecule has 0 fully saturated rings. The summed E-state index contributed by atoms with van der Waals surface area (Å²) in [5.41, 5.74) is 1.04. The summed E-state index contributed by atoms with van der Waals surface area (Å²) >= 11 is 0. The van der Waals surface area contributed by atoms with Gasteiger partial charge in [0, 0.05) is 14.1 Å². The average Bonchev–Trinajstić information content (AvgIpc) is 2.38. The van der Waals surface area contributed by atoms with Gasteiger partial charge >= 0.3 is 0 Å². The normalized spacial score (nSPS) is 10.1. The maximum Gasteiger partial charge on any atom is 0.255 e. The summed E-state index contributed by atoms with van der Waals surface area (Å²) in [5, 5.41) is 5.78. The number of anilines is 1. The van der Waals surface area contributed by atoms with Crippen LogP contribution in [0.3, 0.4) is 0 Å². The molecule has 0 radical (unpaired) electrons. The largest absolute Gasteiger partial charge is 0.345 e. The van der Waals surface area contributed by atoms with E-state index in [0.29, 0.717) is 11.3 Å². The van der Waals surface area contributed by atoms with E-state index in [9.17, 15) is 9.59 Å². The first-order chi connectivity index (χ1) is 9.06. The van der Waals surface area contributed by atoms with Crippen LogP contribution in [0.2, 0.25) is 0 Å². The molecule has 104 valence electrons. The zero-order chi connectivity index (χ0) is 14.3. The molecule has 1 aromatic rings. The molecule has 0 aromatic heterocycles. The fraction of sp³-hybridized carbons (Fsp3) is 0.429. The van der Waals surface area contributed by atoms with E-state index in [1.54, 1.807) is 38.4 Å². The molecule has 0 unspecified atom stereocenters. The van der Waals surface area contributed by atoms with Crippen molar-refractivity contribution in [2.75, 3.05) is 32.5 Å². The van der Waals surface area contributed by atoms with Crippen molar-refractivity contribution in [3.05, 3.63) is 29.8 Å². The minimum atomic E-state index is -0.146. The number of para-hydroxylation sites is 1. The highest BCUT2D eigenvalue weighted by molar-refractivity contribution is 6.03. The lowest BCUT2D eigenvalue weighted by atomic mass is 10.1. The molecule has 0 aliphatic carbocycles. The Morgan fingerprint density at radius 1 is 1.21 bits per heavy atom. The predicted molar refractivity (Wildman–Crippen MR) is 76.2 cm³/mol. The smallest absolute Gasteiger partial charge is 0.255 e. The fourth-order valence-electron chi connectivity index (χ4n) is 1.59. The standard InChI is InChI=1S/C14H21N3O2/c1-4-9-15-10-13(18)16-12-8-6-5-7-11(12)14(19)17(2)3/h5-8,15H,4,9-10H2,1-3H3,(H,16,18). The van der Waals surface area contributed by atoms with Crippen LogP contribution >= 0.6 is 0 Å². The number of rotatable bonds is 6. The van der Waals surface area contributed by atoms with Gasteiger partial charge < -0.3 is 15.5 Å².